The van der Waals surface area contributed by atoms with Crippen LogP contribution in [0.15, 0.2) is 30.3 Å². The highest BCUT2D eigenvalue weighted by Crippen LogP contribution is 2.18. The van der Waals surface area contributed by atoms with E-state index in [0.29, 0.717) is 0 Å². The number of nitrogens with zero attached hydrogens (tertiary/aromatic N) is 1. The van der Waals surface area contributed by atoms with Gasteiger partial charge in [-0.15, -0.1) is 0 Å². The van der Waals surface area contributed by atoms with Gasteiger partial charge in [0.05, 0.1) is 6.07 Å². The molecule has 1 amide bonds. The van der Waals surface area contributed by atoms with Crippen molar-refractivity contribution in [1.29, 1.82) is 5.26 Å². The van der Waals surface area contributed by atoms with Crippen LogP contribution in [0.1, 0.15) is 25.3 Å². The van der Waals surface area contributed by atoms with E-state index in [4.69, 9.17) is 5.26 Å². The molecular weight excluding hydrogens is 188 g/mol. The molecule has 3 nitrogen and oxygen atoms in total. The second-order valence-corrected chi connectivity index (χ2v) is 3.51. The van der Waals surface area contributed by atoms with E-state index in [1.807, 2.05) is 37.3 Å². The molecule has 1 aromatic carbocycles. The lowest BCUT2D eigenvalue weighted by Crippen LogP contribution is -2.35. The number of benzene rings is 1. The van der Waals surface area contributed by atoms with Crippen molar-refractivity contribution in [2.24, 2.45) is 0 Å². The van der Waals surface area contributed by atoms with Crippen LogP contribution in [0.2, 0.25) is 0 Å². The van der Waals surface area contributed by atoms with E-state index in [-0.39, 0.29) is 11.8 Å². The Bertz CT molecular complexity index is 367. The standard InChI is InChI=1S/C12H14N2O/c1-9(11-6-4-3-5-7-11)12(8-13)14-10(2)15/h3-7,9,12H,1-2H3,(H,14,15). The largest absolute Gasteiger partial charge is 0.340 e. The summed E-state index contributed by atoms with van der Waals surface area (Å²) in [5.41, 5.74) is 1.05. The lowest BCUT2D eigenvalue weighted by molar-refractivity contribution is -0.119. The van der Waals surface area contributed by atoms with Crippen molar-refractivity contribution in [2.45, 2.75) is 25.8 Å². The number of hydrogen-bond donors (Lipinski definition) is 1. The molecule has 1 aromatic rings. The molecule has 0 spiro atoms. The van der Waals surface area contributed by atoms with Crippen LogP contribution in [0, 0.1) is 11.3 Å². The van der Waals surface area contributed by atoms with E-state index in [0.717, 1.165) is 5.56 Å². The number of carbonyl (C=O) groups is 1. The first kappa shape index (κ1) is 11.3. The normalized spacial score (nSPS) is 13.7. The molecule has 0 fully saturated rings. The van der Waals surface area contributed by atoms with Gasteiger partial charge in [-0.3, -0.25) is 4.79 Å². The van der Waals surface area contributed by atoms with Crippen molar-refractivity contribution < 1.29 is 4.79 Å². The summed E-state index contributed by atoms with van der Waals surface area (Å²) in [5, 5.41) is 11.6. The van der Waals surface area contributed by atoms with Gasteiger partial charge in [0.25, 0.3) is 0 Å². The molecule has 2 atom stereocenters. The minimum absolute atomic E-state index is 0.0000926. The summed E-state index contributed by atoms with van der Waals surface area (Å²) in [4.78, 5) is 10.9. The monoisotopic (exact) mass is 202 g/mol. The van der Waals surface area contributed by atoms with Crippen LogP contribution in [0.4, 0.5) is 0 Å². The van der Waals surface area contributed by atoms with Gasteiger partial charge in [-0.05, 0) is 5.56 Å². The van der Waals surface area contributed by atoms with Crippen molar-refractivity contribution >= 4 is 5.91 Å². The lowest BCUT2D eigenvalue weighted by Gasteiger charge is -2.18. The van der Waals surface area contributed by atoms with E-state index < -0.39 is 6.04 Å². The molecule has 0 radical (unpaired) electrons. The second kappa shape index (κ2) is 5.16. The fraction of sp³-hybridized carbons (Fsp3) is 0.333. The van der Waals surface area contributed by atoms with E-state index in [1.165, 1.54) is 6.92 Å². The molecule has 78 valence electrons. The fourth-order valence-electron chi connectivity index (χ4n) is 1.44. The molecule has 0 saturated heterocycles. The van der Waals surface area contributed by atoms with Gasteiger partial charge in [0.1, 0.15) is 6.04 Å². The molecule has 15 heavy (non-hydrogen) atoms. The van der Waals surface area contributed by atoms with Gasteiger partial charge in [0.15, 0.2) is 0 Å². The zero-order valence-electron chi connectivity index (χ0n) is 8.90. The van der Waals surface area contributed by atoms with Crippen molar-refractivity contribution in [3.63, 3.8) is 0 Å². The summed E-state index contributed by atoms with van der Waals surface area (Å²) in [6.45, 7) is 3.35. The van der Waals surface area contributed by atoms with Crippen LogP contribution in [-0.4, -0.2) is 11.9 Å². The molecule has 3 heteroatoms. The quantitative estimate of drug-likeness (QED) is 0.812. The highest BCUT2D eigenvalue weighted by molar-refractivity contribution is 5.73. The third kappa shape index (κ3) is 3.10. The predicted molar refractivity (Wildman–Crippen MR) is 58.1 cm³/mol. The number of rotatable bonds is 3. The zero-order valence-corrected chi connectivity index (χ0v) is 8.90. The first-order chi connectivity index (χ1) is 7.15. The van der Waals surface area contributed by atoms with Gasteiger partial charge in [-0.1, -0.05) is 37.3 Å². The summed E-state index contributed by atoms with van der Waals surface area (Å²) >= 11 is 0. The maximum atomic E-state index is 10.9. The summed E-state index contributed by atoms with van der Waals surface area (Å²) in [5.74, 6) is -0.176. The molecule has 1 N–H and O–H groups in total. The number of hydrogen-bond acceptors (Lipinski definition) is 2. The third-order valence-electron chi connectivity index (χ3n) is 2.32. The van der Waals surface area contributed by atoms with Crippen molar-refractivity contribution in [3.8, 4) is 6.07 Å². The van der Waals surface area contributed by atoms with Crippen molar-refractivity contribution in [2.75, 3.05) is 0 Å². The summed E-state index contributed by atoms with van der Waals surface area (Å²) in [6, 6.07) is 11.3. The molecule has 2 unspecified atom stereocenters. The van der Waals surface area contributed by atoms with Crippen LogP contribution < -0.4 is 5.32 Å². The molecule has 0 heterocycles. The Labute approximate surface area is 89.7 Å². The van der Waals surface area contributed by atoms with E-state index >= 15 is 0 Å². The number of nitrogens with one attached hydrogen (secondary N) is 1. The average molecular weight is 202 g/mol. The van der Waals surface area contributed by atoms with Gasteiger partial charge >= 0.3 is 0 Å². The maximum Gasteiger partial charge on any atom is 0.217 e. The van der Waals surface area contributed by atoms with Crippen LogP contribution in [0.5, 0.6) is 0 Å². The Kier molecular flexibility index (Phi) is 3.87. The Balaban J connectivity index is 2.79. The number of nitriles is 1. The van der Waals surface area contributed by atoms with E-state index in [2.05, 4.69) is 11.4 Å². The Morgan fingerprint density at radius 3 is 2.47 bits per heavy atom. The molecule has 0 aromatic heterocycles. The van der Waals surface area contributed by atoms with Crippen LogP contribution in [-0.2, 0) is 4.79 Å². The smallest absolute Gasteiger partial charge is 0.217 e. The summed E-state index contributed by atoms with van der Waals surface area (Å²) in [6.07, 6.45) is 0. The fourth-order valence-corrected chi connectivity index (χ4v) is 1.44. The number of amides is 1. The highest BCUT2D eigenvalue weighted by atomic mass is 16.1. The van der Waals surface area contributed by atoms with Crippen molar-refractivity contribution in [1.82, 2.24) is 5.32 Å². The first-order valence-electron chi connectivity index (χ1n) is 4.87. The molecular formula is C12H14N2O. The van der Waals surface area contributed by atoms with Crippen molar-refractivity contribution in [3.05, 3.63) is 35.9 Å². The predicted octanol–water partition coefficient (Wildman–Crippen LogP) is 1.82. The maximum absolute atomic E-state index is 10.9. The van der Waals surface area contributed by atoms with Gasteiger partial charge in [0.2, 0.25) is 5.91 Å². The van der Waals surface area contributed by atoms with Crippen LogP contribution in [0.25, 0.3) is 0 Å². The molecule has 0 aliphatic carbocycles. The third-order valence-corrected chi connectivity index (χ3v) is 2.32. The molecule has 0 aliphatic heterocycles. The lowest BCUT2D eigenvalue weighted by atomic mass is 9.94. The van der Waals surface area contributed by atoms with E-state index in [9.17, 15) is 4.79 Å². The van der Waals surface area contributed by atoms with Crippen LogP contribution >= 0.6 is 0 Å². The van der Waals surface area contributed by atoms with E-state index in [1.54, 1.807) is 0 Å². The molecule has 0 saturated carbocycles. The number of carbonyl (C=O) groups excluding carboxylic acids is 1. The van der Waals surface area contributed by atoms with Gasteiger partial charge in [-0.25, -0.2) is 0 Å². The molecule has 1 rings (SSSR count). The molecule has 0 bridgehead atoms. The Morgan fingerprint density at radius 2 is 2.00 bits per heavy atom. The first-order valence-corrected chi connectivity index (χ1v) is 4.87. The minimum atomic E-state index is -0.468. The topological polar surface area (TPSA) is 52.9 Å². The van der Waals surface area contributed by atoms with Gasteiger partial charge < -0.3 is 5.32 Å². The summed E-state index contributed by atoms with van der Waals surface area (Å²) in [7, 11) is 0. The average Bonchev–Trinajstić information content (AvgIpc) is 2.26. The minimum Gasteiger partial charge on any atom is -0.340 e. The Morgan fingerprint density at radius 1 is 1.40 bits per heavy atom. The van der Waals surface area contributed by atoms with Crippen LogP contribution in [0.3, 0.4) is 0 Å². The van der Waals surface area contributed by atoms with Gasteiger partial charge in [-0.2, -0.15) is 5.26 Å². The van der Waals surface area contributed by atoms with Gasteiger partial charge in [0, 0.05) is 12.8 Å². The SMILES string of the molecule is CC(=O)NC(C#N)C(C)c1ccccc1. The molecule has 0 aliphatic rings. The second-order valence-electron chi connectivity index (χ2n) is 3.51. The zero-order chi connectivity index (χ0) is 11.3. The summed E-state index contributed by atoms with van der Waals surface area (Å²) < 4.78 is 0. The Hall–Kier alpha value is -1.82. The highest BCUT2D eigenvalue weighted by Gasteiger charge is 2.18.